The number of hydrogen-bond acceptors (Lipinski definition) is 2. The number of benzene rings is 2. The molecule has 0 atom stereocenters. The van der Waals surface area contributed by atoms with Crippen molar-refractivity contribution >= 4 is 0 Å². The second-order valence-electron chi connectivity index (χ2n) is 4.56. The number of hydrogen-bond donors (Lipinski definition) is 1. The van der Waals surface area contributed by atoms with E-state index in [1.807, 2.05) is 24.3 Å². The van der Waals surface area contributed by atoms with Crippen LogP contribution in [0.3, 0.4) is 0 Å². The van der Waals surface area contributed by atoms with Crippen LogP contribution in [0.2, 0.25) is 0 Å². The molecule has 1 N–H and O–H groups in total. The van der Waals surface area contributed by atoms with E-state index in [9.17, 15) is 0 Å². The van der Waals surface area contributed by atoms with E-state index >= 15 is 0 Å². The van der Waals surface area contributed by atoms with Crippen LogP contribution in [0.5, 0.6) is 11.5 Å². The van der Waals surface area contributed by atoms with Gasteiger partial charge in [-0.25, -0.2) is 0 Å². The molecule has 0 unspecified atom stereocenters. The van der Waals surface area contributed by atoms with E-state index in [-0.39, 0.29) is 6.04 Å². The first kappa shape index (κ1) is 11.3. The first-order valence-corrected chi connectivity index (χ1v) is 6.49. The van der Waals surface area contributed by atoms with Crippen molar-refractivity contribution in [3.63, 3.8) is 0 Å². The molecule has 0 amide bonds. The zero-order chi connectivity index (χ0) is 12.4. The van der Waals surface area contributed by atoms with Gasteiger partial charge in [-0.2, -0.15) is 0 Å². The monoisotopic (exact) mass is 239 g/mol. The average Bonchev–Trinajstić information content (AvgIpc) is 2.43. The summed E-state index contributed by atoms with van der Waals surface area (Å²) in [5.41, 5.74) is 2.45. The maximum Gasteiger partial charge on any atom is 0.132 e. The van der Waals surface area contributed by atoms with Crippen molar-refractivity contribution in [3.05, 3.63) is 59.7 Å². The van der Waals surface area contributed by atoms with E-state index in [0.717, 1.165) is 24.5 Å². The summed E-state index contributed by atoms with van der Waals surface area (Å²) in [6.07, 6.45) is 1.13. The van der Waals surface area contributed by atoms with Gasteiger partial charge in [0.15, 0.2) is 0 Å². The van der Waals surface area contributed by atoms with Crippen molar-refractivity contribution in [2.75, 3.05) is 6.54 Å². The molecule has 0 aromatic heterocycles. The van der Waals surface area contributed by atoms with Gasteiger partial charge in [-0.1, -0.05) is 43.3 Å². The van der Waals surface area contributed by atoms with Gasteiger partial charge in [0.05, 0.1) is 6.04 Å². The molecular weight excluding hydrogens is 222 g/mol. The smallest absolute Gasteiger partial charge is 0.132 e. The predicted molar refractivity (Wildman–Crippen MR) is 73.1 cm³/mol. The van der Waals surface area contributed by atoms with Crippen LogP contribution in [0, 0.1) is 0 Å². The van der Waals surface area contributed by atoms with E-state index < -0.39 is 0 Å². The van der Waals surface area contributed by atoms with Gasteiger partial charge in [-0.05, 0) is 25.1 Å². The summed E-state index contributed by atoms with van der Waals surface area (Å²) in [6, 6.07) is 16.8. The maximum atomic E-state index is 5.95. The molecule has 2 nitrogen and oxygen atoms in total. The van der Waals surface area contributed by atoms with Gasteiger partial charge in [-0.3, -0.25) is 0 Å². The summed E-state index contributed by atoms with van der Waals surface area (Å²) in [5, 5.41) is 3.60. The highest BCUT2D eigenvalue weighted by atomic mass is 16.5. The fourth-order valence-corrected chi connectivity index (χ4v) is 2.42. The van der Waals surface area contributed by atoms with Gasteiger partial charge in [0.1, 0.15) is 11.5 Å². The highest BCUT2D eigenvalue weighted by Gasteiger charge is 2.25. The lowest BCUT2D eigenvalue weighted by Crippen LogP contribution is -2.26. The molecule has 18 heavy (non-hydrogen) atoms. The van der Waals surface area contributed by atoms with Crippen LogP contribution in [-0.4, -0.2) is 6.54 Å². The van der Waals surface area contributed by atoms with Crippen molar-refractivity contribution in [1.29, 1.82) is 0 Å². The van der Waals surface area contributed by atoms with Crippen LogP contribution in [0.25, 0.3) is 0 Å². The zero-order valence-electron chi connectivity index (χ0n) is 10.5. The van der Waals surface area contributed by atoms with Crippen LogP contribution in [0.1, 0.15) is 30.5 Å². The summed E-state index contributed by atoms with van der Waals surface area (Å²) in [5.74, 6) is 1.93. The summed E-state index contributed by atoms with van der Waals surface area (Å²) >= 11 is 0. The quantitative estimate of drug-likeness (QED) is 0.877. The topological polar surface area (TPSA) is 21.3 Å². The molecule has 92 valence electrons. The number of fused-ring (bicyclic) bond motifs is 2. The normalized spacial score (nSPS) is 13.6. The molecule has 2 aromatic carbocycles. The minimum Gasteiger partial charge on any atom is -0.457 e. The molecule has 2 heteroatoms. The summed E-state index contributed by atoms with van der Waals surface area (Å²) < 4.78 is 5.95. The Hall–Kier alpha value is -1.80. The molecule has 0 radical (unpaired) electrons. The number of nitrogens with one attached hydrogen (secondary N) is 1. The summed E-state index contributed by atoms with van der Waals surface area (Å²) in [4.78, 5) is 0. The maximum absolute atomic E-state index is 5.95. The fourth-order valence-electron chi connectivity index (χ4n) is 2.42. The van der Waals surface area contributed by atoms with E-state index in [4.69, 9.17) is 4.74 Å². The average molecular weight is 239 g/mol. The van der Waals surface area contributed by atoms with E-state index in [2.05, 4.69) is 36.5 Å². The third-order valence-electron chi connectivity index (χ3n) is 3.28. The van der Waals surface area contributed by atoms with E-state index in [1.54, 1.807) is 0 Å². The van der Waals surface area contributed by atoms with E-state index in [1.165, 1.54) is 11.1 Å². The van der Waals surface area contributed by atoms with Gasteiger partial charge in [0, 0.05) is 11.1 Å². The van der Waals surface area contributed by atoms with Crippen LogP contribution >= 0.6 is 0 Å². The Balaban J connectivity index is 2.05. The Kier molecular flexibility index (Phi) is 3.03. The van der Waals surface area contributed by atoms with Crippen LogP contribution in [-0.2, 0) is 0 Å². The lowest BCUT2D eigenvalue weighted by Gasteiger charge is -2.28. The Morgan fingerprint density at radius 3 is 2.06 bits per heavy atom. The number of para-hydroxylation sites is 2. The van der Waals surface area contributed by atoms with Crippen LogP contribution in [0.4, 0.5) is 0 Å². The minimum atomic E-state index is 0.242. The predicted octanol–water partition coefficient (Wildman–Crippen LogP) is 3.88. The highest BCUT2D eigenvalue weighted by molar-refractivity contribution is 5.52. The van der Waals surface area contributed by atoms with Gasteiger partial charge in [0.25, 0.3) is 0 Å². The van der Waals surface area contributed by atoms with Crippen molar-refractivity contribution in [1.82, 2.24) is 5.32 Å². The minimum absolute atomic E-state index is 0.242. The second kappa shape index (κ2) is 4.83. The molecule has 0 spiro atoms. The van der Waals surface area contributed by atoms with Gasteiger partial charge >= 0.3 is 0 Å². The van der Waals surface area contributed by atoms with Crippen molar-refractivity contribution in [2.24, 2.45) is 0 Å². The number of rotatable bonds is 3. The molecule has 3 rings (SSSR count). The molecule has 0 bridgehead atoms. The van der Waals surface area contributed by atoms with Crippen LogP contribution in [0.15, 0.2) is 48.5 Å². The first-order chi connectivity index (χ1) is 8.90. The van der Waals surface area contributed by atoms with Gasteiger partial charge in [0.2, 0.25) is 0 Å². The largest absolute Gasteiger partial charge is 0.457 e. The molecule has 1 aliphatic rings. The molecule has 1 aliphatic heterocycles. The summed E-state index contributed by atoms with van der Waals surface area (Å²) in [6.45, 7) is 3.19. The molecule has 0 saturated carbocycles. The Morgan fingerprint density at radius 2 is 1.50 bits per heavy atom. The molecule has 2 aromatic rings. The third-order valence-corrected chi connectivity index (χ3v) is 3.28. The van der Waals surface area contributed by atoms with Crippen molar-refractivity contribution < 1.29 is 4.74 Å². The van der Waals surface area contributed by atoms with Crippen molar-refractivity contribution in [2.45, 2.75) is 19.4 Å². The zero-order valence-corrected chi connectivity index (χ0v) is 10.5. The Labute approximate surface area is 108 Å². The molecule has 0 aliphatic carbocycles. The summed E-state index contributed by atoms with van der Waals surface area (Å²) in [7, 11) is 0. The molecular formula is C16H17NO. The van der Waals surface area contributed by atoms with E-state index in [0.29, 0.717) is 0 Å². The van der Waals surface area contributed by atoms with Gasteiger partial charge in [-0.15, -0.1) is 0 Å². The number of ether oxygens (including phenoxy) is 1. The highest BCUT2D eigenvalue weighted by Crippen LogP contribution is 2.42. The Morgan fingerprint density at radius 1 is 0.944 bits per heavy atom. The van der Waals surface area contributed by atoms with Crippen molar-refractivity contribution in [3.8, 4) is 11.5 Å². The lowest BCUT2D eigenvalue weighted by molar-refractivity contribution is 0.428. The standard InChI is InChI=1S/C16H17NO/c1-2-11-17-16-12-7-3-5-9-14(12)18-15-10-6-4-8-13(15)16/h3-10,16-17H,2,11H2,1H3. The first-order valence-electron chi connectivity index (χ1n) is 6.49. The fraction of sp³-hybridized carbons (Fsp3) is 0.250. The van der Waals surface area contributed by atoms with Gasteiger partial charge < -0.3 is 10.1 Å². The Bertz CT molecular complexity index is 505. The molecule has 1 heterocycles. The lowest BCUT2D eigenvalue weighted by atomic mass is 9.94. The third kappa shape index (κ3) is 1.89. The SMILES string of the molecule is CCCNC1c2ccccc2Oc2ccccc21. The second-order valence-corrected chi connectivity index (χ2v) is 4.56. The molecule has 0 fully saturated rings. The molecule has 0 saturated heterocycles. The van der Waals surface area contributed by atoms with Crippen LogP contribution < -0.4 is 10.1 Å².